The Bertz CT molecular complexity index is 512. The van der Waals surface area contributed by atoms with Crippen LogP contribution in [-0.4, -0.2) is 38.9 Å². The van der Waals surface area contributed by atoms with Crippen molar-refractivity contribution >= 4 is 5.91 Å². The summed E-state index contributed by atoms with van der Waals surface area (Å²) in [6.45, 7) is 8.66. The first-order chi connectivity index (χ1) is 9.40. The summed E-state index contributed by atoms with van der Waals surface area (Å²) in [4.78, 5) is 14.1. The molecule has 110 valence electrons. The summed E-state index contributed by atoms with van der Waals surface area (Å²) < 4.78 is 1.55. The molecule has 0 aromatic carbocycles. The van der Waals surface area contributed by atoms with Gasteiger partial charge in [0.2, 0.25) is 5.91 Å². The van der Waals surface area contributed by atoms with Gasteiger partial charge < -0.3 is 10.6 Å². The van der Waals surface area contributed by atoms with E-state index < -0.39 is 0 Å². The number of amides is 1. The van der Waals surface area contributed by atoms with Crippen LogP contribution in [0.4, 0.5) is 0 Å². The van der Waals surface area contributed by atoms with Crippen LogP contribution in [0.1, 0.15) is 32.9 Å². The van der Waals surface area contributed by atoms with Crippen LogP contribution < -0.4 is 5.73 Å². The molecule has 0 unspecified atom stereocenters. The number of nitrogens with zero attached hydrogens (tertiary/aromatic N) is 4. The molecular weight excluding hydrogens is 254 g/mol. The zero-order valence-electron chi connectivity index (χ0n) is 12.5. The van der Waals surface area contributed by atoms with Gasteiger partial charge in [-0.1, -0.05) is 37.6 Å². The molecule has 0 fully saturated rings. The minimum absolute atomic E-state index is 0.0719. The van der Waals surface area contributed by atoms with Crippen LogP contribution in [0.3, 0.4) is 0 Å². The summed E-state index contributed by atoms with van der Waals surface area (Å²) in [5, 5.41) is 7.78. The molecule has 1 aromatic rings. The molecule has 1 aromatic heterocycles. The van der Waals surface area contributed by atoms with E-state index in [2.05, 4.69) is 37.2 Å². The molecule has 0 radical (unpaired) electrons. The lowest BCUT2D eigenvalue weighted by Gasteiger charge is -2.32. The quantitative estimate of drug-likeness (QED) is 0.834. The van der Waals surface area contributed by atoms with Crippen LogP contribution in [0.2, 0.25) is 0 Å². The maximum Gasteiger partial charge on any atom is 0.244 e. The lowest BCUT2D eigenvalue weighted by molar-refractivity contribution is -0.131. The van der Waals surface area contributed by atoms with Crippen molar-refractivity contribution in [1.29, 1.82) is 0 Å². The first-order valence-electron chi connectivity index (χ1n) is 6.96. The summed E-state index contributed by atoms with van der Waals surface area (Å²) in [5.74, 6) is 0.0719. The summed E-state index contributed by atoms with van der Waals surface area (Å²) >= 11 is 0. The predicted molar refractivity (Wildman–Crippen MR) is 76.6 cm³/mol. The Balaban J connectivity index is 1.93. The zero-order chi connectivity index (χ0) is 14.8. The summed E-state index contributed by atoms with van der Waals surface area (Å²) in [5.41, 5.74) is 7.79. The highest BCUT2D eigenvalue weighted by Crippen LogP contribution is 2.30. The van der Waals surface area contributed by atoms with Gasteiger partial charge in [0.25, 0.3) is 0 Å². The first kappa shape index (κ1) is 14.7. The molecule has 0 atom stereocenters. The lowest BCUT2D eigenvalue weighted by Crippen LogP contribution is -2.38. The fourth-order valence-corrected chi connectivity index (χ4v) is 2.32. The lowest BCUT2D eigenvalue weighted by atomic mass is 9.83. The van der Waals surface area contributed by atoms with E-state index in [1.807, 2.05) is 4.90 Å². The van der Waals surface area contributed by atoms with E-state index in [1.54, 1.807) is 10.9 Å². The third-order valence-electron chi connectivity index (χ3n) is 3.62. The third kappa shape index (κ3) is 3.45. The molecule has 1 aliphatic rings. The van der Waals surface area contributed by atoms with Gasteiger partial charge in [0.1, 0.15) is 6.54 Å². The maximum atomic E-state index is 12.2. The van der Waals surface area contributed by atoms with Gasteiger partial charge in [-0.15, -0.1) is 5.10 Å². The van der Waals surface area contributed by atoms with Gasteiger partial charge in [-0.25, -0.2) is 4.68 Å². The van der Waals surface area contributed by atoms with Crippen molar-refractivity contribution < 1.29 is 4.79 Å². The Labute approximate surface area is 119 Å². The first-order valence-corrected chi connectivity index (χ1v) is 6.96. The smallest absolute Gasteiger partial charge is 0.244 e. The van der Waals surface area contributed by atoms with Gasteiger partial charge >= 0.3 is 0 Å². The standard InChI is InChI=1S/C14H23N5O/c1-14(2,3)11-4-6-18(7-5-11)13(20)10-19-9-12(8-15)16-17-19/h4,9H,5-8,10,15H2,1-3H3. The molecule has 0 saturated heterocycles. The number of carbonyl (C=O) groups excluding carboxylic acids is 1. The Morgan fingerprint density at radius 3 is 2.70 bits per heavy atom. The van der Waals surface area contributed by atoms with Crippen molar-refractivity contribution in [3.63, 3.8) is 0 Å². The topological polar surface area (TPSA) is 77.0 Å². The van der Waals surface area contributed by atoms with E-state index in [9.17, 15) is 4.79 Å². The minimum Gasteiger partial charge on any atom is -0.337 e. The van der Waals surface area contributed by atoms with Crippen LogP contribution in [-0.2, 0) is 17.9 Å². The maximum absolute atomic E-state index is 12.2. The van der Waals surface area contributed by atoms with Crippen molar-refractivity contribution in [3.8, 4) is 0 Å². The number of hydrogen-bond acceptors (Lipinski definition) is 4. The summed E-state index contributed by atoms with van der Waals surface area (Å²) in [6, 6.07) is 0. The van der Waals surface area contributed by atoms with Gasteiger partial charge in [-0.2, -0.15) is 0 Å². The molecule has 2 N–H and O–H groups in total. The Kier molecular flexibility index (Phi) is 4.23. The highest BCUT2D eigenvalue weighted by atomic mass is 16.2. The van der Waals surface area contributed by atoms with Crippen LogP contribution in [0, 0.1) is 5.41 Å². The molecule has 2 heterocycles. The number of nitrogens with two attached hydrogens (primary N) is 1. The number of hydrogen-bond donors (Lipinski definition) is 1. The highest BCUT2D eigenvalue weighted by molar-refractivity contribution is 5.76. The van der Waals surface area contributed by atoms with E-state index >= 15 is 0 Å². The normalized spacial score (nSPS) is 16.2. The van der Waals surface area contributed by atoms with E-state index in [1.165, 1.54) is 5.57 Å². The molecule has 2 rings (SSSR count). The van der Waals surface area contributed by atoms with Crippen molar-refractivity contribution in [2.24, 2.45) is 11.1 Å². The van der Waals surface area contributed by atoms with Crippen molar-refractivity contribution in [2.75, 3.05) is 13.1 Å². The van der Waals surface area contributed by atoms with Crippen molar-refractivity contribution in [1.82, 2.24) is 19.9 Å². The van der Waals surface area contributed by atoms with Crippen LogP contribution >= 0.6 is 0 Å². The Morgan fingerprint density at radius 2 is 2.20 bits per heavy atom. The molecule has 6 nitrogen and oxygen atoms in total. The van der Waals surface area contributed by atoms with Gasteiger partial charge in [-0.3, -0.25) is 4.79 Å². The van der Waals surface area contributed by atoms with Crippen molar-refractivity contribution in [3.05, 3.63) is 23.5 Å². The van der Waals surface area contributed by atoms with Crippen LogP contribution in [0.15, 0.2) is 17.8 Å². The Hall–Kier alpha value is -1.69. The zero-order valence-corrected chi connectivity index (χ0v) is 12.5. The van der Waals surface area contributed by atoms with Crippen LogP contribution in [0.5, 0.6) is 0 Å². The van der Waals surface area contributed by atoms with E-state index in [4.69, 9.17) is 5.73 Å². The van der Waals surface area contributed by atoms with Gasteiger partial charge in [0.05, 0.1) is 11.9 Å². The highest BCUT2D eigenvalue weighted by Gasteiger charge is 2.23. The molecule has 0 aliphatic carbocycles. The van der Waals surface area contributed by atoms with Crippen molar-refractivity contribution in [2.45, 2.75) is 40.3 Å². The molecule has 0 bridgehead atoms. The van der Waals surface area contributed by atoms with Crippen LogP contribution in [0.25, 0.3) is 0 Å². The monoisotopic (exact) mass is 277 g/mol. The molecule has 0 saturated carbocycles. The molecule has 6 heteroatoms. The largest absolute Gasteiger partial charge is 0.337 e. The molecule has 20 heavy (non-hydrogen) atoms. The average molecular weight is 277 g/mol. The second kappa shape index (κ2) is 5.75. The SMILES string of the molecule is CC(C)(C)C1=CCN(C(=O)Cn2cc(CN)nn2)CC1. The fourth-order valence-electron chi connectivity index (χ4n) is 2.32. The minimum atomic E-state index is 0.0719. The number of rotatable bonds is 3. The fraction of sp³-hybridized carbons (Fsp3) is 0.643. The summed E-state index contributed by atoms with van der Waals surface area (Å²) in [7, 11) is 0. The molecule has 0 spiro atoms. The van der Waals surface area contributed by atoms with Gasteiger partial charge in [-0.05, 0) is 11.8 Å². The Morgan fingerprint density at radius 1 is 1.45 bits per heavy atom. The number of carbonyl (C=O) groups is 1. The average Bonchev–Trinajstić information content (AvgIpc) is 2.85. The third-order valence-corrected chi connectivity index (χ3v) is 3.62. The second-order valence-electron chi connectivity index (χ2n) is 6.18. The summed E-state index contributed by atoms with van der Waals surface area (Å²) in [6.07, 6.45) is 4.84. The predicted octanol–water partition coefficient (Wildman–Crippen LogP) is 0.942. The van der Waals surface area contributed by atoms with E-state index in [-0.39, 0.29) is 17.9 Å². The van der Waals surface area contributed by atoms with Gasteiger partial charge in [0, 0.05) is 19.6 Å². The number of aromatic nitrogens is 3. The van der Waals surface area contributed by atoms with E-state index in [0.717, 1.165) is 13.0 Å². The molecular formula is C14H23N5O. The molecule has 1 aliphatic heterocycles. The second-order valence-corrected chi connectivity index (χ2v) is 6.18. The van der Waals surface area contributed by atoms with Gasteiger partial charge in [0.15, 0.2) is 0 Å². The molecule has 1 amide bonds. The van der Waals surface area contributed by atoms with E-state index in [0.29, 0.717) is 18.8 Å².